The molecule has 120 valence electrons. The van der Waals surface area contributed by atoms with Gasteiger partial charge in [-0.25, -0.2) is 4.79 Å². The van der Waals surface area contributed by atoms with E-state index in [1.54, 1.807) is 13.8 Å². The maximum atomic E-state index is 12.2. The average Bonchev–Trinajstić information content (AvgIpc) is 2.35. The van der Waals surface area contributed by atoms with E-state index >= 15 is 0 Å². The number of carboxylic acids is 2. The van der Waals surface area contributed by atoms with Gasteiger partial charge in [-0.3, -0.25) is 9.59 Å². The number of carbonyl (C=O) groups excluding carboxylic acids is 1. The van der Waals surface area contributed by atoms with Crippen molar-refractivity contribution in [2.24, 2.45) is 5.92 Å². The second-order valence-corrected chi connectivity index (χ2v) is 5.45. The molecule has 2 atom stereocenters. The first-order valence-electron chi connectivity index (χ1n) is 7.11. The van der Waals surface area contributed by atoms with E-state index in [2.05, 4.69) is 0 Å². The molecule has 2 N–H and O–H groups in total. The van der Waals surface area contributed by atoms with Crippen molar-refractivity contribution in [2.45, 2.75) is 53.0 Å². The highest BCUT2D eigenvalue weighted by Gasteiger charge is 2.30. The summed E-state index contributed by atoms with van der Waals surface area (Å²) in [6.07, 6.45) is 3.14. The molecule has 0 aliphatic heterocycles. The molecule has 0 aromatic rings. The van der Waals surface area contributed by atoms with Gasteiger partial charge < -0.3 is 15.1 Å². The van der Waals surface area contributed by atoms with Gasteiger partial charge in [-0.1, -0.05) is 32.3 Å². The van der Waals surface area contributed by atoms with Crippen LogP contribution in [-0.2, 0) is 14.4 Å². The van der Waals surface area contributed by atoms with Crippen LogP contribution in [0.15, 0.2) is 11.6 Å². The first-order valence-corrected chi connectivity index (χ1v) is 7.11. The van der Waals surface area contributed by atoms with E-state index in [4.69, 9.17) is 5.11 Å². The smallest absolute Gasteiger partial charge is 0.326 e. The molecule has 1 amide bonds. The van der Waals surface area contributed by atoms with Crippen LogP contribution >= 0.6 is 0 Å². The number of hydrogen-bond donors (Lipinski definition) is 2. The largest absolute Gasteiger partial charge is 0.481 e. The molecule has 0 saturated carbocycles. The summed E-state index contributed by atoms with van der Waals surface area (Å²) in [5, 5.41) is 18.3. The molecule has 0 aliphatic carbocycles. The number of unbranched alkanes of at least 4 members (excludes halogenated alkanes) is 1. The summed E-state index contributed by atoms with van der Waals surface area (Å²) in [6, 6.07) is -0.991. The molecular weight excluding hydrogens is 274 g/mol. The van der Waals surface area contributed by atoms with Crippen molar-refractivity contribution in [1.29, 1.82) is 0 Å². The Morgan fingerprint density at radius 2 is 1.71 bits per heavy atom. The zero-order valence-electron chi connectivity index (χ0n) is 13.1. The summed E-state index contributed by atoms with van der Waals surface area (Å²) in [5.41, 5.74) is 0.743. The summed E-state index contributed by atoms with van der Waals surface area (Å²) in [4.78, 5) is 35.8. The SMILES string of the molecule is CCCCC(C(=O)O)N(CC(C)C(=O)O)C(=O)C=C(C)C. The van der Waals surface area contributed by atoms with E-state index in [9.17, 15) is 19.5 Å². The minimum absolute atomic E-state index is 0.112. The number of carbonyl (C=O) groups is 3. The molecular formula is C15H25NO5. The second-order valence-electron chi connectivity index (χ2n) is 5.45. The quantitative estimate of drug-likeness (QED) is 0.636. The predicted octanol–water partition coefficient (Wildman–Crippen LogP) is 2.15. The van der Waals surface area contributed by atoms with Crippen LogP contribution in [0.2, 0.25) is 0 Å². The molecule has 21 heavy (non-hydrogen) atoms. The summed E-state index contributed by atoms with van der Waals surface area (Å²) >= 11 is 0. The van der Waals surface area contributed by atoms with Crippen LogP contribution in [0.1, 0.15) is 47.0 Å². The Hall–Kier alpha value is -1.85. The highest BCUT2D eigenvalue weighted by molar-refractivity contribution is 5.92. The molecule has 0 fully saturated rings. The summed E-state index contributed by atoms with van der Waals surface area (Å²) in [6.45, 7) is 6.75. The third-order valence-corrected chi connectivity index (χ3v) is 3.08. The molecule has 0 aromatic carbocycles. The number of amides is 1. The predicted molar refractivity (Wildman–Crippen MR) is 78.9 cm³/mol. The molecule has 0 spiro atoms. The number of hydrogen-bond acceptors (Lipinski definition) is 3. The summed E-state index contributed by atoms with van der Waals surface area (Å²) < 4.78 is 0. The van der Waals surface area contributed by atoms with Gasteiger partial charge in [0.15, 0.2) is 0 Å². The van der Waals surface area contributed by atoms with E-state index < -0.39 is 29.8 Å². The van der Waals surface area contributed by atoms with Crippen LogP contribution in [-0.4, -0.2) is 45.5 Å². The van der Waals surface area contributed by atoms with Gasteiger partial charge in [0, 0.05) is 12.6 Å². The van der Waals surface area contributed by atoms with Crippen molar-refractivity contribution in [3.8, 4) is 0 Å². The fourth-order valence-electron chi connectivity index (χ4n) is 1.88. The Kier molecular flexibility index (Phi) is 8.35. The maximum Gasteiger partial charge on any atom is 0.326 e. The molecule has 0 rings (SSSR count). The molecule has 0 aliphatic rings. The monoisotopic (exact) mass is 299 g/mol. The van der Waals surface area contributed by atoms with E-state index in [0.29, 0.717) is 12.8 Å². The second kappa shape index (κ2) is 9.15. The van der Waals surface area contributed by atoms with Crippen molar-refractivity contribution in [3.05, 3.63) is 11.6 Å². The van der Waals surface area contributed by atoms with Gasteiger partial charge in [0.1, 0.15) is 6.04 Å². The van der Waals surface area contributed by atoms with Crippen molar-refractivity contribution in [2.75, 3.05) is 6.54 Å². The number of nitrogens with zero attached hydrogens (tertiary/aromatic N) is 1. The summed E-state index contributed by atoms with van der Waals surface area (Å²) in [7, 11) is 0. The zero-order chi connectivity index (χ0) is 16.6. The number of rotatable bonds is 9. The number of carboxylic acid groups (broad SMARTS) is 2. The normalized spacial score (nSPS) is 13.1. The van der Waals surface area contributed by atoms with Crippen molar-refractivity contribution in [3.63, 3.8) is 0 Å². The maximum absolute atomic E-state index is 12.2. The molecule has 6 nitrogen and oxygen atoms in total. The van der Waals surface area contributed by atoms with Gasteiger partial charge in [-0.2, -0.15) is 0 Å². The van der Waals surface area contributed by atoms with Crippen LogP contribution in [0.3, 0.4) is 0 Å². The fourth-order valence-corrected chi connectivity index (χ4v) is 1.88. The Balaban J connectivity index is 5.32. The van der Waals surface area contributed by atoms with E-state index in [0.717, 1.165) is 16.9 Å². The van der Waals surface area contributed by atoms with Crippen LogP contribution in [0, 0.1) is 5.92 Å². The molecule has 0 saturated heterocycles. The van der Waals surface area contributed by atoms with Crippen molar-refractivity contribution >= 4 is 17.8 Å². The van der Waals surface area contributed by atoms with Gasteiger partial charge in [-0.15, -0.1) is 0 Å². The Morgan fingerprint density at radius 1 is 1.14 bits per heavy atom. The van der Waals surface area contributed by atoms with Gasteiger partial charge in [0.2, 0.25) is 5.91 Å². The molecule has 2 unspecified atom stereocenters. The molecule has 0 aromatic heterocycles. The van der Waals surface area contributed by atoms with Gasteiger partial charge in [0.25, 0.3) is 0 Å². The molecule has 0 bridgehead atoms. The highest BCUT2D eigenvalue weighted by Crippen LogP contribution is 2.14. The standard InChI is InChI=1S/C15H25NO5/c1-5-6-7-12(15(20)21)16(9-11(4)14(18)19)13(17)8-10(2)3/h8,11-12H,5-7,9H2,1-4H3,(H,18,19)(H,20,21). The molecule has 6 heteroatoms. The lowest BCUT2D eigenvalue weighted by Crippen LogP contribution is -2.47. The van der Waals surface area contributed by atoms with Gasteiger partial charge in [0.05, 0.1) is 5.92 Å². The van der Waals surface area contributed by atoms with Gasteiger partial charge >= 0.3 is 11.9 Å². The first kappa shape index (κ1) is 19.1. The molecule has 0 radical (unpaired) electrons. The first-order chi connectivity index (χ1) is 9.70. The highest BCUT2D eigenvalue weighted by atomic mass is 16.4. The fraction of sp³-hybridized carbons (Fsp3) is 0.667. The Labute approximate surface area is 125 Å². The number of aliphatic carboxylic acids is 2. The van der Waals surface area contributed by atoms with E-state index in [1.807, 2.05) is 6.92 Å². The lowest BCUT2D eigenvalue weighted by Gasteiger charge is -2.29. The Morgan fingerprint density at radius 3 is 2.10 bits per heavy atom. The number of allylic oxidation sites excluding steroid dienone is 1. The van der Waals surface area contributed by atoms with Crippen LogP contribution in [0.25, 0.3) is 0 Å². The lowest BCUT2D eigenvalue weighted by molar-refractivity contribution is -0.151. The summed E-state index contributed by atoms with van der Waals surface area (Å²) in [5.74, 6) is -3.42. The topological polar surface area (TPSA) is 94.9 Å². The van der Waals surface area contributed by atoms with Gasteiger partial charge in [-0.05, 0) is 20.3 Å². The zero-order valence-corrected chi connectivity index (χ0v) is 13.1. The van der Waals surface area contributed by atoms with Crippen molar-refractivity contribution in [1.82, 2.24) is 4.90 Å². The van der Waals surface area contributed by atoms with Crippen LogP contribution in [0.4, 0.5) is 0 Å². The van der Waals surface area contributed by atoms with Crippen molar-refractivity contribution < 1.29 is 24.6 Å². The minimum atomic E-state index is -1.10. The van der Waals surface area contributed by atoms with E-state index in [-0.39, 0.29) is 6.54 Å². The lowest BCUT2D eigenvalue weighted by atomic mass is 10.0. The Bertz CT molecular complexity index is 412. The van der Waals surface area contributed by atoms with Crippen LogP contribution < -0.4 is 0 Å². The molecule has 0 heterocycles. The third kappa shape index (κ3) is 6.92. The minimum Gasteiger partial charge on any atom is -0.481 e. The average molecular weight is 299 g/mol. The van der Waals surface area contributed by atoms with Crippen LogP contribution in [0.5, 0.6) is 0 Å². The van der Waals surface area contributed by atoms with E-state index in [1.165, 1.54) is 13.0 Å². The third-order valence-electron chi connectivity index (χ3n) is 3.08.